The minimum Gasteiger partial charge on any atom is -0.370 e. The second-order valence-corrected chi connectivity index (χ2v) is 9.21. The van der Waals surface area contributed by atoms with Gasteiger partial charge in [-0.05, 0) is 44.4 Å². The zero-order valence-electron chi connectivity index (χ0n) is 18.7. The number of fused-ring (bicyclic) bond motifs is 1. The molecule has 6 nitrogen and oxygen atoms in total. The average molecular weight is 411 g/mol. The van der Waals surface area contributed by atoms with E-state index in [9.17, 15) is 5.26 Å². The van der Waals surface area contributed by atoms with Gasteiger partial charge in [-0.25, -0.2) is 9.97 Å². The molecule has 0 amide bonds. The fraction of sp³-hybridized carbons (Fsp3) is 0.708. The van der Waals surface area contributed by atoms with Crippen LogP contribution < -0.4 is 0 Å². The quantitative estimate of drug-likeness (QED) is 0.571. The molecule has 4 atom stereocenters. The molecule has 0 spiro atoms. The molecule has 2 aromatic heterocycles. The number of hydrogen-bond acceptors (Lipinski definition) is 5. The summed E-state index contributed by atoms with van der Waals surface area (Å²) in [4.78, 5) is 9.14. The predicted molar refractivity (Wildman–Crippen MR) is 116 cm³/mol. The Morgan fingerprint density at radius 2 is 2.07 bits per heavy atom. The van der Waals surface area contributed by atoms with Crippen molar-refractivity contribution in [1.29, 1.82) is 5.26 Å². The Morgan fingerprint density at radius 1 is 1.27 bits per heavy atom. The van der Waals surface area contributed by atoms with Crippen molar-refractivity contribution in [1.82, 2.24) is 14.5 Å². The smallest absolute Gasteiger partial charge is 0.162 e. The van der Waals surface area contributed by atoms with E-state index in [1.807, 2.05) is 10.8 Å². The van der Waals surface area contributed by atoms with Crippen LogP contribution >= 0.6 is 0 Å². The summed E-state index contributed by atoms with van der Waals surface area (Å²) >= 11 is 0. The third-order valence-corrected chi connectivity index (χ3v) is 6.52. The summed E-state index contributed by atoms with van der Waals surface area (Å²) in [5, 5.41) is 10.7. The summed E-state index contributed by atoms with van der Waals surface area (Å²) in [6.07, 6.45) is 11.1. The Bertz CT molecular complexity index is 912. The van der Waals surface area contributed by atoms with Crippen molar-refractivity contribution in [2.45, 2.75) is 97.2 Å². The monoisotopic (exact) mass is 410 g/mol. The van der Waals surface area contributed by atoms with E-state index in [0.29, 0.717) is 23.5 Å². The van der Waals surface area contributed by atoms with Crippen LogP contribution in [0.15, 0.2) is 12.5 Å². The van der Waals surface area contributed by atoms with E-state index >= 15 is 0 Å². The molecule has 162 valence electrons. The molecule has 2 fully saturated rings. The maximum atomic E-state index is 9.86. The van der Waals surface area contributed by atoms with Crippen LogP contribution in [0.4, 0.5) is 0 Å². The van der Waals surface area contributed by atoms with Gasteiger partial charge in [-0.3, -0.25) is 0 Å². The molecule has 0 bridgehead atoms. The topological polar surface area (TPSA) is 73.0 Å². The van der Waals surface area contributed by atoms with Crippen LogP contribution in [0.3, 0.4) is 0 Å². The van der Waals surface area contributed by atoms with Crippen molar-refractivity contribution in [2.24, 2.45) is 11.8 Å². The van der Waals surface area contributed by atoms with Gasteiger partial charge in [-0.2, -0.15) is 5.26 Å². The Balaban J connectivity index is 1.71. The highest BCUT2D eigenvalue weighted by molar-refractivity contribution is 5.85. The fourth-order valence-corrected chi connectivity index (χ4v) is 4.79. The molecular formula is C24H34N4O2. The molecular weight excluding hydrogens is 376 g/mol. The summed E-state index contributed by atoms with van der Waals surface area (Å²) in [5.74, 6) is 1.02. The van der Waals surface area contributed by atoms with Crippen molar-refractivity contribution < 1.29 is 9.47 Å². The van der Waals surface area contributed by atoms with Crippen LogP contribution in [0.5, 0.6) is 0 Å². The van der Waals surface area contributed by atoms with Gasteiger partial charge in [0, 0.05) is 12.1 Å². The molecule has 6 heteroatoms. The first-order valence-corrected chi connectivity index (χ1v) is 11.6. The van der Waals surface area contributed by atoms with Crippen LogP contribution in [0.25, 0.3) is 11.0 Å². The Hall–Kier alpha value is -1.97. The van der Waals surface area contributed by atoms with E-state index in [-0.39, 0.29) is 18.4 Å². The minimum atomic E-state index is -0.247. The summed E-state index contributed by atoms with van der Waals surface area (Å²) < 4.78 is 15.0. The lowest BCUT2D eigenvalue weighted by Crippen LogP contribution is -2.30. The van der Waals surface area contributed by atoms with Gasteiger partial charge < -0.3 is 14.0 Å². The number of rotatable bonds is 9. The van der Waals surface area contributed by atoms with E-state index in [1.54, 1.807) is 6.33 Å². The lowest BCUT2D eigenvalue weighted by Gasteiger charge is -2.24. The molecule has 4 rings (SSSR count). The van der Waals surface area contributed by atoms with Crippen LogP contribution in [-0.4, -0.2) is 32.8 Å². The lowest BCUT2D eigenvalue weighted by molar-refractivity contribution is -0.0682. The fourth-order valence-electron chi connectivity index (χ4n) is 4.79. The van der Waals surface area contributed by atoms with E-state index in [0.717, 1.165) is 61.7 Å². The third kappa shape index (κ3) is 4.10. The second kappa shape index (κ2) is 9.03. The highest BCUT2D eigenvalue weighted by Gasteiger charge is 2.47. The molecule has 4 unspecified atom stereocenters. The number of nitrogens with zero attached hydrogens (tertiary/aromatic N) is 4. The Kier molecular flexibility index (Phi) is 6.40. The molecule has 2 aromatic rings. The number of aryl methyl sites for hydroxylation is 1. The molecule has 1 saturated heterocycles. The molecule has 0 N–H and O–H groups in total. The summed E-state index contributed by atoms with van der Waals surface area (Å²) in [7, 11) is 0. The zero-order chi connectivity index (χ0) is 21.3. The highest BCUT2D eigenvalue weighted by Crippen LogP contribution is 2.44. The van der Waals surface area contributed by atoms with E-state index in [4.69, 9.17) is 9.47 Å². The summed E-state index contributed by atoms with van der Waals surface area (Å²) in [6.45, 7) is 8.86. The molecule has 1 saturated carbocycles. The van der Waals surface area contributed by atoms with Gasteiger partial charge in [0.1, 0.15) is 24.1 Å². The number of hydrogen-bond donors (Lipinski definition) is 0. The standard InChI is InChI=1S/C24H34N4O2/c1-5-18-20(6-2)30-24(22(18)29-17-10-11-17)28-13-16(12-25)21-19(9-7-8-15(3)4)26-14-27-23(21)28/h13-15,17-18,20,22,24H,5-11H2,1-4H3. The summed E-state index contributed by atoms with van der Waals surface area (Å²) in [6, 6.07) is 2.37. The van der Waals surface area contributed by atoms with Crippen molar-refractivity contribution in [3.05, 3.63) is 23.8 Å². The molecule has 0 radical (unpaired) electrons. The van der Waals surface area contributed by atoms with Crippen molar-refractivity contribution in [3.8, 4) is 6.07 Å². The molecule has 0 aromatic carbocycles. The molecule has 1 aliphatic heterocycles. The number of aromatic nitrogens is 3. The Morgan fingerprint density at radius 3 is 2.70 bits per heavy atom. The van der Waals surface area contributed by atoms with Crippen molar-refractivity contribution >= 4 is 11.0 Å². The van der Waals surface area contributed by atoms with E-state index in [2.05, 4.69) is 43.7 Å². The molecule has 1 aliphatic carbocycles. The second-order valence-electron chi connectivity index (χ2n) is 9.21. The first kappa shape index (κ1) is 21.3. The van der Waals surface area contributed by atoms with Gasteiger partial charge in [0.25, 0.3) is 0 Å². The van der Waals surface area contributed by atoms with Crippen molar-refractivity contribution in [2.75, 3.05) is 0 Å². The first-order chi connectivity index (χ1) is 14.6. The largest absolute Gasteiger partial charge is 0.370 e. The third-order valence-electron chi connectivity index (χ3n) is 6.52. The molecule has 30 heavy (non-hydrogen) atoms. The normalized spacial score (nSPS) is 26.5. The van der Waals surface area contributed by atoms with E-state index < -0.39 is 0 Å². The zero-order valence-corrected chi connectivity index (χ0v) is 18.7. The predicted octanol–water partition coefficient (Wildman–Crippen LogP) is 5.16. The van der Waals surface area contributed by atoms with Gasteiger partial charge in [0.15, 0.2) is 6.23 Å². The molecule has 3 heterocycles. The average Bonchev–Trinajstić information content (AvgIpc) is 3.37. The van der Waals surface area contributed by atoms with E-state index in [1.165, 1.54) is 0 Å². The van der Waals surface area contributed by atoms with Gasteiger partial charge in [-0.15, -0.1) is 0 Å². The van der Waals surface area contributed by atoms with Gasteiger partial charge in [0.05, 0.1) is 28.9 Å². The van der Waals surface area contributed by atoms with Crippen LogP contribution in [-0.2, 0) is 15.9 Å². The highest BCUT2D eigenvalue weighted by atomic mass is 16.6. The SMILES string of the molecule is CCC1OC(n2cc(C#N)c3c(CCCC(C)C)ncnc32)C(OC2CC2)C1CC. The van der Waals surface area contributed by atoms with Gasteiger partial charge >= 0.3 is 0 Å². The number of nitriles is 1. The minimum absolute atomic E-state index is 0.00560. The van der Waals surface area contributed by atoms with Crippen LogP contribution in [0.1, 0.15) is 83.7 Å². The van der Waals surface area contributed by atoms with Crippen LogP contribution in [0.2, 0.25) is 0 Å². The summed E-state index contributed by atoms with van der Waals surface area (Å²) in [5.41, 5.74) is 2.39. The van der Waals surface area contributed by atoms with Crippen molar-refractivity contribution in [3.63, 3.8) is 0 Å². The maximum absolute atomic E-state index is 9.86. The Labute approximate surface area is 179 Å². The van der Waals surface area contributed by atoms with Gasteiger partial charge in [0.2, 0.25) is 0 Å². The molecule has 2 aliphatic rings. The first-order valence-electron chi connectivity index (χ1n) is 11.6. The lowest BCUT2D eigenvalue weighted by atomic mass is 9.93. The number of ether oxygens (including phenoxy) is 2. The maximum Gasteiger partial charge on any atom is 0.162 e. The van der Waals surface area contributed by atoms with Crippen LogP contribution in [0, 0.1) is 23.2 Å². The van der Waals surface area contributed by atoms with Gasteiger partial charge in [-0.1, -0.05) is 34.1 Å².